The van der Waals surface area contributed by atoms with E-state index in [1.165, 1.54) is 24.3 Å². The summed E-state index contributed by atoms with van der Waals surface area (Å²) in [6, 6.07) is 18.1. The van der Waals surface area contributed by atoms with Crippen molar-refractivity contribution in [2.24, 2.45) is 0 Å². The van der Waals surface area contributed by atoms with E-state index in [0.717, 1.165) is 17.7 Å². The van der Waals surface area contributed by atoms with Crippen LogP contribution in [0.15, 0.2) is 72.8 Å². The summed E-state index contributed by atoms with van der Waals surface area (Å²) >= 11 is 0. The third-order valence-electron chi connectivity index (χ3n) is 6.04. The van der Waals surface area contributed by atoms with E-state index in [1.807, 2.05) is 19.1 Å². The zero-order chi connectivity index (χ0) is 29.1. The Balaban J connectivity index is 2.00. The minimum Gasteiger partial charge on any atom is -0.478 e. The Labute approximate surface area is 227 Å². The molecule has 202 valence electrons. The molecule has 0 radical (unpaired) electrons. The summed E-state index contributed by atoms with van der Waals surface area (Å²) in [5.74, 6) is -6.67. The smallest absolute Gasteiger partial charge is 0.340 e. The molecule has 0 amide bonds. The molecule has 0 aliphatic rings. The van der Waals surface area contributed by atoms with Crippen LogP contribution in [0.2, 0.25) is 0 Å². The Kier molecular flexibility index (Phi) is 7.53. The first-order valence-corrected chi connectivity index (χ1v) is 11.7. The van der Waals surface area contributed by atoms with Crippen LogP contribution in [0.3, 0.4) is 0 Å². The molecule has 0 atom stereocenters. The van der Waals surface area contributed by atoms with Crippen molar-refractivity contribution in [1.82, 2.24) is 0 Å². The van der Waals surface area contributed by atoms with Crippen molar-refractivity contribution in [3.05, 3.63) is 106 Å². The fourth-order valence-electron chi connectivity index (χ4n) is 4.10. The second kappa shape index (κ2) is 11.0. The number of aryl methyl sites for hydroxylation is 2. The van der Waals surface area contributed by atoms with Crippen LogP contribution in [0.25, 0.3) is 11.1 Å². The van der Waals surface area contributed by atoms with Crippen molar-refractivity contribution in [3.63, 3.8) is 0 Å². The third kappa shape index (κ3) is 5.32. The molecule has 4 N–H and O–H groups in total. The van der Waals surface area contributed by atoms with Crippen molar-refractivity contribution < 1.29 is 49.1 Å². The molecule has 10 heteroatoms. The molecule has 4 rings (SSSR count). The Morgan fingerprint density at radius 2 is 1.02 bits per heavy atom. The van der Waals surface area contributed by atoms with E-state index in [2.05, 4.69) is 0 Å². The lowest BCUT2D eigenvalue weighted by atomic mass is 10.00. The van der Waals surface area contributed by atoms with Gasteiger partial charge in [-0.1, -0.05) is 54.1 Å². The van der Waals surface area contributed by atoms with E-state index in [-0.39, 0.29) is 23.0 Å². The zero-order valence-electron chi connectivity index (χ0n) is 21.2. The summed E-state index contributed by atoms with van der Waals surface area (Å²) in [4.78, 5) is 47.6. The van der Waals surface area contributed by atoms with E-state index in [0.29, 0.717) is 16.7 Å². The van der Waals surface area contributed by atoms with Crippen LogP contribution >= 0.6 is 0 Å². The first-order valence-electron chi connectivity index (χ1n) is 11.7. The first kappa shape index (κ1) is 27.4. The van der Waals surface area contributed by atoms with Crippen molar-refractivity contribution in [3.8, 4) is 34.1 Å². The van der Waals surface area contributed by atoms with Crippen molar-refractivity contribution in [2.75, 3.05) is 0 Å². The van der Waals surface area contributed by atoms with E-state index >= 15 is 0 Å². The number of carboxylic acids is 4. The Bertz CT molecular complexity index is 1670. The first-order chi connectivity index (χ1) is 19.0. The van der Waals surface area contributed by atoms with Crippen LogP contribution in [0, 0.1) is 13.8 Å². The molecule has 0 aromatic heterocycles. The van der Waals surface area contributed by atoms with E-state index in [4.69, 9.17) is 9.47 Å². The molecule has 4 aromatic rings. The molecule has 0 saturated carbocycles. The lowest BCUT2D eigenvalue weighted by molar-refractivity contribution is 0.0648. The summed E-state index contributed by atoms with van der Waals surface area (Å²) < 4.78 is 12.1. The maximum absolute atomic E-state index is 12.1. The maximum atomic E-state index is 12.1. The second-order valence-electron chi connectivity index (χ2n) is 8.74. The van der Waals surface area contributed by atoms with Crippen LogP contribution in [0.4, 0.5) is 0 Å². The molecule has 40 heavy (non-hydrogen) atoms. The topological polar surface area (TPSA) is 168 Å². The standard InChI is InChI=1S/C30H22O10/c1-15-9-12-17(13-10-15)18-14-11-16(2)25(39-21-7-3-5-19(27(31)32)23(21)29(35)36)26(18)40-22-8-4-6-20(28(33)34)24(22)30(37)38/h3-14H,1-2H3,(H,31,32)(H,33,34)(H,35,36)(H,37,38). The van der Waals surface area contributed by atoms with Gasteiger partial charge in [0.25, 0.3) is 0 Å². The zero-order valence-corrected chi connectivity index (χ0v) is 21.2. The highest BCUT2D eigenvalue weighted by molar-refractivity contribution is 6.04. The molecule has 0 aliphatic carbocycles. The summed E-state index contributed by atoms with van der Waals surface area (Å²) in [5.41, 5.74) is 0.263. The summed E-state index contributed by atoms with van der Waals surface area (Å²) in [6.07, 6.45) is 0. The van der Waals surface area contributed by atoms with E-state index in [1.54, 1.807) is 31.2 Å². The molecular weight excluding hydrogens is 520 g/mol. The number of benzene rings is 4. The van der Waals surface area contributed by atoms with Crippen molar-refractivity contribution in [2.45, 2.75) is 13.8 Å². The van der Waals surface area contributed by atoms with Crippen molar-refractivity contribution >= 4 is 23.9 Å². The highest BCUT2D eigenvalue weighted by Gasteiger charge is 2.27. The minimum absolute atomic E-state index is 0.0276. The number of hydrogen-bond acceptors (Lipinski definition) is 6. The number of ether oxygens (including phenoxy) is 2. The lowest BCUT2D eigenvalue weighted by Gasteiger charge is -2.20. The molecule has 4 aromatic carbocycles. The third-order valence-corrected chi connectivity index (χ3v) is 6.04. The SMILES string of the molecule is Cc1ccc(-c2ccc(C)c(Oc3cccc(C(=O)O)c3C(=O)O)c2Oc2cccc(C(=O)O)c2C(=O)O)cc1. The van der Waals surface area contributed by atoms with Gasteiger partial charge in [-0.2, -0.15) is 0 Å². The Morgan fingerprint density at radius 3 is 1.48 bits per heavy atom. The quantitative estimate of drug-likeness (QED) is 0.187. The van der Waals surface area contributed by atoms with Gasteiger partial charge in [0, 0.05) is 5.56 Å². The summed E-state index contributed by atoms with van der Waals surface area (Å²) in [6.45, 7) is 3.53. The van der Waals surface area contributed by atoms with Crippen LogP contribution in [0.5, 0.6) is 23.0 Å². The molecule has 0 fully saturated rings. The maximum Gasteiger partial charge on any atom is 0.340 e. The molecule has 0 aliphatic heterocycles. The van der Waals surface area contributed by atoms with Crippen LogP contribution in [0.1, 0.15) is 52.6 Å². The van der Waals surface area contributed by atoms with Gasteiger partial charge in [0.05, 0.1) is 11.1 Å². The molecule has 0 saturated heterocycles. The Morgan fingerprint density at radius 1 is 0.550 bits per heavy atom. The molecule has 10 nitrogen and oxygen atoms in total. The average Bonchev–Trinajstić information content (AvgIpc) is 2.90. The molecule has 0 heterocycles. The molecule has 0 bridgehead atoms. The van der Waals surface area contributed by atoms with Gasteiger partial charge in [0.15, 0.2) is 11.5 Å². The molecule has 0 spiro atoms. The highest BCUT2D eigenvalue weighted by atomic mass is 16.5. The van der Waals surface area contributed by atoms with Gasteiger partial charge in [0.2, 0.25) is 0 Å². The normalized spacial score (nSPS) is 10.6. The summed E-state index contributed by atoms with van der Waals surface area (Å²) in [7, 11) is 0. The minimum atomic E-state index is -1.54. The highest BCUT2D eigenvalue weighted by Crippen LogP contribution is 2.46. The van der Waals surface area contributed by atoms with Gasteiger partial charge in [-0.3, -0.25) is 0 Å². The number of carboxylic acid groups (broad SMARTS) is 4. The van der Waals surface area contributed by atoms with Crippen LogP contribution in [-0.4, -0.2) is 44.3 Å². The van der Waals surface area contributed by atoms with Crippen molar-refractivity contribution in [1.29, 1.82) is 0 Å². The molecular formula is C30H22O10. The van der Waals surface area contributed by atoms with Crippen LogP contribution < -0.4 is 9.47 Å². The average molecular weight is 542 g/mol. The number of carbonyl (C=O) groups is 4. The fourth-order valence-corrected chi connectivity index (χ4v) is 4.10. The largest absolute Gasteiger partial charge is 0.478 e. The lowest BCUT2D eigenvalue weighted by Crippen LogP contribution is -2.11. The summed E-state index contributed by atoms with van der Waals surface area (Å²) in [5, 5.41) is 38.7. The number of aromatic carboxylic acids is 4. The predicted molar refractivity (Wildman–Crippen MR) is 142 cm³/mol. The number of rotatable bonds is 9. The van der Waals surface area contributed by atoms with Gasteiger partial charge >= 0.3 is 23.9 Å². The predicted octanol–water partition coefficient (Wildman–Crippen LogP) is 6.35. The van der Waals surface area contributed by atoms with Gasteiger partial charge in [-0.25, -0.2) is 19.2 Å². The van der Waals surface area contributed by atoms with Crippen LogP contribution in [-0.2, 0) is 0 Å². The van der Waals surface area contributed by atoms with Gasteiger partial charge in [0.1, 0.15) is 22.6 Å². The van der Waals surface area contributed by atoms with E-state index in [9.17, 15) is 39.6 Å². The Hall–Kier alpha value is -5.64. The fraction of sp³-hybridized carbons (Fsp3) is 0.0667. The van der Waals surface area contributed by atoms with Gasteiger partial charge < -0.3 is 29.9 Å². The number of hydrogen-bond donors (Lipinski definition) is 4. The monoisotopic (exact) mass is 542 g/mol. The van der Waals surface area contributed by atoms with Gasteiger partial charge in [-0.05, 0) is 49.2 Å². The van der Waals surface area contributed by atoms with E-state index < -0.39 is 46.1 Å². The second-order valence-corrected chi connectivity index (χ2v) is 8.74. The van der Waals surface area contributed by atoms with Gasteiger partial charge in [-0.15, -0.1) is 0 Å². The molecule has 0 unspecified atom stereocenters.